The molecule has 0 spiro atoms. The number of nitrogens with one attached hydrogen (secondary N) is 1. The number of nitrogens with zero attached hydrogens (tertiary/aromatic N) is 3. The number of aryl methyl sites for hydroxylation is 1. The van der Waals surface area contributed by atoms with E-state index >= 15 is 0 Å². The zero-order chi connectivity index (χ0) is 23.8. The van der Waals surface area contributed by atoms with E-state index in [0.29, 0.717) is 16.7 Å². The summed E-state index contributed by atoms with van der Waals surface area (Å²) in [5.74, 6) is -1.28. The number of hydrogen-bond donors (Lipinski definition) is 1. The fourth-order valence-electron chi connectivity index (χ4n) is 3.43. The molecule has 4 aromatic rings. The molecule has 0 aliphatic heterocycles. The number of rotatable bonds is 6. The molecule has 7 nitrogen and oxygen atoms in total. The van der Waals surface area contributed by atoms with Gasteiger partial charge in [0.25, 0.3) is 10.0 Å². The van der Waals surface area contributed by atoms with E-state index in [1.165, 1.54) is 36.9 Å². The van der Waals surface area contributed by atoms with E-state index in [0.717, 1.165) is 12.1 Å². The molecular formula is C23H18F2N4O3S. The summed E-state index contributed by atoms with van der Waals surface area (Å²) in [5.41, 5.74) is 1.73. The maximum absolute atomic E-state index is 14.3. The van der Waals surface area contributed by atoms with Gasteiger partial charge in [-0.05, 0) is 42.3 Å². The van der Waals surface area contributed by atoms with Crippen molar-refractivity contribution in [3.63, 3.8) is 0 Å². The minimum atomic E-state index is -4.21. The lowest BCUT2D eigenvalue weighted by molar-refractivity contribution is 0.416. The molecule has 1 aromatic heterocycles. The summed E-state index contributed by atoms with van der Waals surface area (Å²) in [4.78, 5) is -0.281. The number of nitriles is 1. The SMILES string of the molecule is COc1cc(F)cc2c1c(NS(=O)(=O)c1ccc(C)c(F)c1)nn2Cc1cccc(C#N)c1. The molecule has 0 fully saturated rings. The summed E-state index contributed by atoms with van der Waals surface area (Å²) in [6.07, 6.45) is 0. The van der Waals surface area contributed by atoms with E-state index in [-0.39, 0.29) is 33.9 Å². The van der Waals surface area contributed by atoms with E-state index < -0.39 is 21.7 Å². The quantitative estimate of drug-likeness (QED) is 0.454. The molecule has 4 rings (SSSR count). The van der Waals surface area contributed by atoms with Crippen LogP contribution in [-0.4, -0.2) is 25.3 Å². The Morgan fingerprint density at radius 2 is 1.94 bits per heavy atom. The predicted octanol–water partition coefficient (Wildman–Crippen LogP) is 4.35. The Hall–Kier alpha value is -3.97. The monoisotopic (exact) mass is 468 g/mol. The number of hydrogen-bond acceptors (Lipinski definition) is 5. The van der Waals surface area contributed by atoms with Gasteiger partial charge >= 0.3 is 0 Å². The molecule has 0 saturated heterocycles. The van der Waals surface area contributed by atoms with Gasteiger partial charge in [0.05, 0.1) is 41.1 Å². The van der Waals surface area contributed by atoms with Gasteiger partial charge in [-0.2, -0.15) is 10.4 Å². The van der Waals surface area contributed by atoms with Crippen molar-refractivity contribution in [1.82, 2.24) is 9.78 Å². The van der Waals surface area contributed by atoms with Gasteiger partial charge in [-0.25, -0.2) is 17.2 Å². The molecule has 10 heteroatoms. The Labute approximate surface area is 188 Å². The van der Waals surface area contributed by atoms with Crippen molar-refractivity contribution in [3.05, 3.63) is 82.9 Å². The van der Waals surface area contributed by atoms with Crippen molar-refractivity contribution in [2.75, 3.05) is 11.8 Å². The maximum Gasteiger partial charge on any atom is 0.263 e. The van der Waals surface area contributed by atoms with Gasteiger partial charge in [0.1, 0.15) is 17.4 Å². The Kier molecular flexibility index (Phi) is 5.74. The van der Waals surface area contributed by atoms with Crippen LogP contribution in [0.2, 0.25) is 0 Å². The van der Waals surface area contributed by atoms with Crippen LogP contribution in [0.25, 0.3) is 10.9 Å². The number of ether oxygens (including phenoxy) is 1. The third-order valence-electron chi connectivity index (χ3n) is 5.07. The largest absolute Gasteiger partial charge is 0.496 e. The second-order valence-corrected chi connectivity index (χ2v) is 9.02. The van der Waals surface area contributed by atoms with E-state index in [4.69, 9.17) is 10.00 Å². The number of benzene rings is 3. The molecule has 0 bridgehead atoms. The molecule has 0 radical (unpaired) electrons. The summed E-state index contributed by atoms with van der Waals surface area (Å²) in [6.45, 7) is 1.66. The zero-order valence-corrected chi connectivity index (χ0v) is 18.5. The summed E-state index contributed by atoms with van der Waals surface area (Å²) in [5, 5.41) is 13.7. The molecule has 0 saturated carbocycles. The van der Waals surface area contributed by atoms with Crippen LogP contribution in [0.3, 0.4) is 0 Å². The lowest BCUT2D eigenvalue weighted by atomic mass is 10.1. The zero-order valence-electron chi connectivity index (χ0n) is 17.6. The van der Waals surface area contributed by atoms with Crippen molar-refractivity contribution in [2.45, 2.75) is 18.4 Å². The molecule has 33 heavy (non-hydrogen) atoms. The Morgan fingerprint density at radius 1 is 1.15 bits per heavy atom. The highest BCUT2D eigenvalue weighted by Crippen LogP contribution is 2.35. The second-order valence-electron chi connectivity index (χ2n) is 7.34. The van der Waals surface area contributed by atoms with Gasteiger partial charge in [0.15, 0.2) is 5.82 Å². The highest BCUT2D eigenvalue weighted by molar-refractivity contribution is 7.92. The van der Waals surface area contributed by atoms with E-state index in [9.17, 15) is 17.2 Å². The number of fused-ring (bicyclic) bond motifs is 1. The smallest absolute Gasteiger partial charge is 0.263 e. The van der Waals surface area contributed by atoms with E-state index in [2.05, 4.69) is 9.82 Å². The van der Waals surface area contributed by atoms with Crippen molar-refractivity contribution >= 4 is 26.7 Å². The average Bonchev–Trinajstić information content (AvgIpc) is 3.11. The molecule has 168 valence electrons. The predicted molar refractivity (Wildman–Crippen MR) is 118 cm³/mol. The molecule has 1 N–H and O–H groups in total. The van der Waals surface area contributed by atoms with E-state index in [1.54, 1.807) is 24.3 Å². The number of methoxy groups -OCH3 is 1. The van der Waals surface area contributed by atoms with Crippen molar-refractivity contribution in [3.8, 4) is 11.8 Å². The summed E-state index contributed by atoms with van der Waals surface area (Å²) in [6, 6.07) is 14.7. The minimum absolute atomic E-state index is 0.0785. The highest BCUT2D eigenvalue weighted by Gasteiger charge is 2.23. The van der Waals surface area contributed by atoms with Crippen molar-refractivity contribution in [1.29, 1.82) is 5.26 Å². The molecule has 0 unspecified atom stereocenters. The van der Waals surface area contributed by atoms with E-state index in [1.807, 2.05) is 6.07 Å². The Morgan fingerprint density at radius 3 is 2.64 bits per heavy atom. The maximum atomic E-state index is 14.3. The minimum Gasteiger partial charge on any atom is -0.496 e. The fourth-order valence-corrected chi connectivity index (χ4v) is 4.45. The van der Waals surface area contributed by atoms with Crippen LogP contribution in [0.1, 0.15) is 16.7 Å². The Balaban J connectivity index is 1.84. The number of sulfonamides is 1. The van der Waals surface area contributed by atoms with Gasteiger partial charge in [0, 0.05) is 12.1 Å². The second kappa shape index (κ2) is 8.52. The lowest BCUT2D eigenvalue weighted by Gasteiger charge is -2.08. The molecule has 3 aromatic carbocycles. The average molecular weight is 468 g/mol. The van der Waals surface area contributed by atoms with Gasteiger partial charge in [-0.1, -0.05) is 18.2 Å². The van der Waals surface area contributed by atoms with Crippen molar-refractivity contribution in [2.24, 2.45) is 0 Å². The van der Waals surface area contributed by atoms with Gasteiger partial charge in [-0.3, -0.25) is 9.40 Å². The summed E-state index contributed by atoms with van der Waals surface area (Å²) < 4.78 is 63.2. The first-order chi connectivity index (χ1) is 15.7. The summed E-state index contributed by atoms with van der Waals surface area (Å²) in [7, 11) is -2.88. The third kappa shape index (κ3) is 4.36. The van der Waals surface area contributed by atoms with Crippen LogP contribution in [0.5, 0.6) is 5.75 Å². The van der Waals surface area contributed by atoms with Gasteiger partial charge < -0.3 is 4.74 Å². The number of anilines is 1. The molecule has 1 heterocycles. The number of halogens is 2. The number of aromatic nitrogens is 2. The molecule has 0 amide bonds. The third-order valence-corrected chi connectivity index (χ3v) is 6.41. The topological polar surface area (TPSA) is 97.0 Å². The van der Waals surface area contributed by atoms with Crippen LogP contribution >= 0.6 is 0 Å². The van der Waals surface area contributed by atoms with Crippen LogP contribution < -0.4 is 9.46 Å². The fraction of sp³-hybridized carbons (Fsp3) is 0.130. The van der Waals surface area contributed by atoms with Crippen LogP contribution in [0, 0.1) is 29.9 Å². The Bertz CT molecular complexity index is 1520. The summed E-state index contributed by atoms with van der Waals surface area (Å²) >= 11 is 0. The molecule has 0 aliphatic rings. The van der Waals surface area contributed by atoms with Crippen molar-refractivity contribution < 1.29 is 21.9 Å². The van der Waals surface area contributed by atoms with Crippen LogP contribution in [-0.2, 0) is 16.6 Å². The van der Waals surface area contributed by atoms with Crippen LogP contribution in [0.4, 0.5) is 14.6 Å². The normalized spacial score (nSPS) is 11.4. The first-order valence-electron chi connectivity index (χ1n) is 9.74. The van der Waals surface area contributed by atoms with Crippen LogP contribution in [0.15, 0.2) is 59.5 Å². The highest BCUT2D eigenvalue weighted by atomic mass is 32.2. The standard InChI is InChI=1S/C23H18F2N4O3S/c1-14-6-7-18(11-19(14)25)33(30,31)28-23-22-20(9-17(24)10-21(22)32-2)29(27-23)13-16-5-3-4-15(8-16)12-26/h3-11H,13H2,1-2H3,(H,27,28). The first kappa shape index (κ1) is 22.2. The molecule has 0 atom stereocenters. The molecule has 0 aliphatic carbocycles. The van der Waals surface area contributed by atoms with Gasteiger partial charge in [0.2, 0.25) is 0 Å². The first-order valence-corrected chi connectivity index (χ1v) is 11.2. The van der Waals surface area contributed by atoms with Gasteiger partial charge in [-0.15, -0.1) is 0 Å². The molecular weight excluding hydrogens is 450 g/mol. The lowest BCUT2D eigenvalue weighted by Crippen LogP contribution is -2.14.